The summed E-state index contributed by atoms with van der Waals surface area (Å²) in [6.45, 7) is 4.62. The molecule has 1 N–H and O–H groups in total. The molecule has 0 aliphatic carbocycles. The van der Waals surface area contributed by atoms with Crippen molar-refractivity contribution in [2.75, 3.05) is 39.8 Å². The van der Waals surface area contributed by atoms with Gasteiger partial charge in [-0.1, -0.05) is 0 Å². The van der Waals surface area contributed by atoms with Crippen LogP contribution in [0.25, 0.3) is 0 Å². The van der Waals surface area contributed by atoms with Gasteiger partial charge in [0.2, 0.25) is 5.91 Å². The summed E-state index contributed by atoms with van der Waals surface area (Å²) in [6.07, 6.45) is 0.449. The van der Waals surface area contributed by atoms with Gasteiger partial charge in [0.25, 0.3) is 0 Å². The minimum absolute atomic E-state index is 0.0774. The van der Waals surface area contributed by atoms with Crippen LogP contribution in [0.3, 0.4) is 0 Å². The Morgan fingerprint density at radius 3 is 2.39 bits per heavy atom. The zero-order valence-electron chi connectivity index (χ0n) is 11.1. The molecule has 1 amide bonds. The largest absolute Gasteiger partial charge is 0.468 e. The number of esters is 1. The van der Waals surface area contributed by atoms with E-state index in [9.17, 15) is 9.59 Å². The Morgan fingerprint density at radius 2 is 1.89 bits per heavy atom. The van der Waals surface area contributed by atoms with Crippen molar-refractivity contribution in [1.82, 2.24) is 9.80 Å². The first kappa shape index (κ1) is 14.9. The first-order valence-corrected chi connectivity index (χ1v) is 6.28. The molecule has 104 valence electrons. The number of rotatable bonds is 5. The summed E-state index contributed by atoms with van der Waals surface area (Å²) in [4.78, 5) is 26.7. The molecule has 0 radical (unpaired) electrons. The molecule has 0 aromatic carbocycles. The lowest BCUT2D eigenvalue weighted by Crippen LogP contribution is -2.50. The smallest absolute Gasteiger partial charge is 0.319 e. The summed E-state index contributed by atoms with van der Waals surface area (Å²) < 4.78 is 4.60. The number of aliphatic hydroxyl groups excluding tert-OH is 1. The third-order valence-corrected chi connectivity index (χ3v) is 3.08. The number of methoxy groups -OCH3 is 1. The van der Waals surface area contributed by atoms with E-state index in [-0.39, 0.29) is 18.4 Å². The highest BCUT2D eigenvalue weighted by atomic mass is 16.5. The van der Waals surface area contributed by atoms with Crippen molar-refractivity contribution >= 4 is 11.9 Å². The van der Waals surface area contributed by atoms with Crippen molar-refractivity contribution in [2.45, 2.75) is 25.9 Å². The monoisotopic (exact) mass is 258 g/mol. The Hall–Kier alpha value is -1.14. The number of nitrogens with zero attached hydrogens (tertiary/aromatic N) is 2. The number of carbonyl (C=O) groups is 2. The van der Waals surface area contributed by atoms with Gasteiger partial charge in [-0.25, -0.2) is 0 Å². The molecule has 0 saturated carbocycles. The van der Waals surface area contributed by atoms with Crippen LogP contribution in [0.2, 0.25) is 0 Å². The SMILES string of the molecule is COC(=O)CN1CCN(C(=O)CCC(C)O)CC1. The van der Waals surface area contributed by atoms with Crippen molar-refractivity contribution in [3.8, 4) is 0 Å². The van der Waals surface area contributed by atoms with E-state index in [0.29, 0.717) is 39.0 Å². The van der Waals surface area contributed by atoms with Crippen molar-refractivity contribution in [2.24, 2.45) is 0 Å². The van der Waals surface area contributed by atoms with E-state index >= 15 is 0 Å². The zero-order chi connectivity index (χ0) is 13.5. The van der Waals surface area contributed by atoms with Gasteiger partial charge in [-0.15, -0.1) is 0 Å². The van der Waals surface area contributed by atoms with Gasteiger partial charge in [-0.05, 0) is 13.3 Å². The van der Waals surface area contributed by atoms with Crippen LogP contribution in [0, 0.1) is 0 Å². The molecule has 6 heteroatoms. The van der Waals surface area contributed by atoms with Crippen LogP contribution in [-0.4, -0.2) is 72.7 Å². The number of hydrogen-bond donors (Lipinski definition) is 1. The second-order valence-electron chi connectivity index (χ2n) is 4.62. The zero-order valence-corrected chi connectivity index (χ0v) is 11.1. The van der Waals surface area contributed by atoms with Gasteiger partial charge < -0.3 is 14.7 Å². The number of amides is 1. The molecule has 18 heavy (non-hydrogen) atoms. The maximum Gasteiger partial charge on any atom is 0.319 e. The first-order valence-electron chi connectivity index (χ1n) is 6.28. The Balaban J connectivity index is 2.26. The maximum absolute atomic E-state index is 11.8. The molecule has 1 heterocycles. The van der Waals surface area contributed by atoms with Gasteiger partial charge >= 0.3 is 5.97 Å². The molecule has 0 aromatic rings. The lowest BCUT2D eigenvalue weighted by Gasteiger charge is -2.34. The standard InChI is InChI=1S/C12H22N2O4/c1-10(15)3-4-11(16)14-7-5-13(6-8-14)9-12(17)18-2/h10,15H,3-9H2,1-2H3. The van der Waals surface area contributed by atoms with Crippen molar-refractivity contribution in [3.63, 3.8) is 0 Å². The Kier molecular flexibility index (Phi) is 6.07. The molecular formula is C12H22N2O4. The minimum atomic E-state index is -0.436. The van der Waals surface area contributed by atoms with E-state index in [1.165, 1.54) is 7.11 Å². The van der Waals surface area contributed by atoms with Crippen LogP contribution < -0.4 is 0 Å². The van der Waals surface area contributed by atoms with Crippen molar-refractivity contribution in [3.05, 3.63) is 0 Å². The summed E-state index contributed by atoms with van der Waals surface area (Å²) in [5.41, 5.74) is 0. The summed E-state index contributed by atoms with van der Waals surface area (Å²) in [6, 6.07) is 0. The molecule has 1 atom stereocenters. The van der Waals surface area contributed by atoms with E-state index in [2.05, 4.69) is 4.74 Å². The summed E-state index contributed by atoms with van der Waals surface area (Å²) in [5.74, 6) is -0.169. The molecule has 0 aromatic heterocycles. The van der Waals surface area contributed by atoms with Crippen LogP contribution in [0.1, 0.15) is 19.8 Å². The van der Waals surface area contributed by atoms with Crippen molar-refractivity contribution in [1.29, 1.82) is 0 Å². The van der Waals surface area contributed by atoms with E-state index in [0.717, 1.165) is 0 Å². The predicted octanol–water partition coefficient (Wildman–Crippen LogP) is -0.535. The highest BCUT2D eigenvalue weighted by Crippen LogP contribution is 2.06. The van der Waals surface area contributed by atoms with Crippen LogP contribution in [-0.2, 0) is 14.3 Å². The summed E-state index contributed by atoms with van der Waals surface area (Å²) in [5, 5.41) is 9.14. The highest BCUT2D eigenvalue weighted by Gasteiger charge is 2.22. The quantitative estimate of drug-likeness (QED) is 0.671. The molecule has 1 saturated heterocycles. The Bertz CT molecular complexity index is 286. The van der Waals surface area contributed by atoms with Crippen LogP contribution in [0.4, 0.5) is 0 Å². The van der Waals surface area contributed by atoms with E-state index in [1.54, 1.807) is 11.8 Å². The molecule has 1 aliphatic rings. The third kappa shape index (κ3) is 5.01. The van der Waals surface area contributed by atoms with Crippen molar-refractivity contribution < 1.29 is 19.4 Å². The molecular weight excluding hydrogens is 236 g/mol. The molecule has 1 fully saturated rings. The summed E-state index contributed by atoms with van der Waals surface area (Å²) >= 11 is 0. The highest BCUT2D eigenvalue weighted by molar-refractivity contribution is 5.76. The summed E-state index contributed by atoms with van der Waals surface area (Å²) in [7, 11) is 1.37. The van der Waals surface area contributed by atoms with E-state index in [1.807, 2.05) is 4.90 Å². The Morgan fingerprint density at radius 1 is 1.28 bits per heavy atom. The molecule has 6 nitrogen and oxygen atoms in total. The second-order valence-corrected chi connectivity index (χ2v) is 4.62. The van der Waals surface area contributed by atoms with E-state index in [4.69, 9.17) is 5.11 Å². The van der Waals surface area contributed by atoms with E-state index < -0.39 is 6.10 Å². The van der Waals surface area contributed by atoms with Gasteiger partial charge in [-0.3, -0.25) is 14.5 Å². The van der Waals surface area contributed by atoms with Gasteiger partial charge in [-0.2, -0.15) is 0 Å². The fraction of sp³-hybridized carbons (Fsp3) is 0.833. The first-order chi connectivity index (χ1) is 8.52. The predicted molar refractivity (Wildman–Crippen MR) is 66.0 cm³/mol. The molecule has 0 bridgehead atoms. The molecule has 1 unspecified atom stereocenters. The van der Waals surface area contributed by atoms with Gasteiger partial charge in [0.05, 0.1) is 19.8 Å². The van der Waals surface area contributed by atoms with Gasteiger partial charge in [0.1, 0.15) is 0 Å². The molecule has 0 spiro atoms. The molecule has 1 rings (SSSR count). The number of piperazine rings is 1. The number of carbonyl (C=O) groups excluding carboxylic acids is 2. The second kappa shape index (κ2) is 7.33. The van der Waals surface area contributed by atoms with Crippen LogP contribution >= 0.6 is 0 Å². The lowest BCUT2D eigenvalue weighted by molar-refractivity contribution is -0.142. The lowest BCUT2D eigenvalue weighted by atomic mass is 10.2. The number of ether oxygens (including phenoxy) is 1. The minimum Gasteiger partial charge on any atom is -0.468 e. The fourth-order valence-corrected chi connectivity index (χ4v) is 1.89. The number of hydrogen-bond acceptors (Lipinski definition) is 5. The normalized spacial score (nSPS) is 18.5. The average Bonchev–Trinajstić information content (AvgIpc) is 2.36. The van der Waals surface area contributed by atoms with Crippen LogP contribution in [0.15, 0.2) is 0 Å². The van der Waals surface area contributed by atoms with Gasteiger partial charge in [0.15, 0.2) is 0 Å². The molecule has 1 aliphatic heterocycles. The van der Waals surface area contributed by atoms with Crippen LogP contribution in [0.5, 0.6) is 0 Å². The van der Waals surface area contributed by atoms with Gasteiger partial charge in [0, 0.05) is 32.6 Å². The average molecular weight is 258 g/mol. The topological polar surface area (TPSA) is 70.1 Å². The Labute approximate surface area is 107 Å². The maximum atomic E-state index is 11.8. The fourth-order valence-electron chi connectivity index (χ4n) is 1.89. The third-order valence-electron chi connectivity index (χ3n) is 3.08. The number of aliphatic hydroxyl groups is 1.